The number of phenols is 1. The third kappa shape index (κ3) is 2.62. The summed E-state index contributed by atoms with van der Waals surface area (Å²) in [5.41, 5.74) is 1.70. The second-order valence-corrected chi connectivity index (χ2v) is 9.47. The largest absolute Gasteiger partial charge is 0.504 e. The van der Waals surface area contributed by atoms with E-state index >= 15 is 0 Å². The lowest BCUT2D eigenvalue weighted by Crippen LogP contribution is -2.64. The molecule has 7 heteroatoms. The van der Waals surface area contributed by atoms with E-state index < -0.39 is 29.8 Å². The minimum absolute atomic E-state index is 0.0887. The molecule has 2 aliphatic carbocycles. The van der Waals surface area contributed by atoms with E-state index in [0.29, 0.717) is 17.7 Å². The molecule has 4 N–H and O–H groups in total. The molecule has 0 aromatic heterocycles. The van der Waals surface area contributed by atoms with Gasteiger partial charge in [0.25, 0.3) is 0 Å². The van der Waals surface area contributed by atoms with Gasteiger partial charge in [-0.1, -0.05) is 12.2 Å². The number of likely N-dealkylation sites (tertiary alicyclic amines) is 1. The van der Waals surface area contributed by atoms with Crippen LogP contribution in [0, 0.1) is 5.92 Å². The third-order valence-corrected chi connectivity index (χ3v) is 7.61. The highest BCUT2D eigenvalue weighted by Gasteiger charge is 2.64. The van der Waals surface area contributed by atoms with E-state index in [1.165, 1.54) is 6.07 Å². The number of phenolic OH excluding ortho intramolecular Hbond substituents is 1. The second-order valence-electron chi connectivity index (χ2n) is 9.47. The van der Waals surface area contributed by atoms with E-state index in [2.05, 4.69) is 18.0 Å². The van der Waals surface area contributed by atoms with Gasteiger partial charge in [-0.25, -0.2) is 0 Å². The summed E-state index contributed by atoms with van der Waals surface area (Å²) in [6, 6.07) is 1.63. The van der Waals surface area contributed by atoms with Crippen LogP contribution in [-0.4, -0.2) is 75.2 Å². The van der Waals surface area contributed by atoms with Crippen LogP contribution < -0.4 is 4.74 Å². The molecule has 2 aliphatic heterocycles. The Morgan fingerprint density at radius 1 is 1.37 bits per heavy atom. The fourth-order valence-electron chi connectivity index (χ4n) is 6.37. The van der Waals surface area contributed by atoms with Crippen LogP contribution in [0.3, 0.4) is 0 Å². The van der Waals surface area contributed by atoms with Crippen LogP contribution in [0.4, 0.5) is 0 Å². The first-order valence-corrected chi connectivity index (χ1v) is 10.8. The zero-order valence-corrected chi connectivity index (χ0v) is 17.3. The van der Waals surface area contributed by atoms with E-state index in [0.717, 1.165) is 24.1 Å². The topological polar surface area (TPSA) is 110 Å². The smallest absolute Gasteiger partial charge is 0.165 e. The molecular weight excluding hydrogens is 386 g/mol. The lowest BCUT2D eigenvalue weighted by molar-refractivity contribution is -0.0453. The maximum atomic E-state index is 13.1. The van der Waals surface area contributed by atoms with Gasteiger partial charge in [0.15, 0.2) is 17.3 Å². The predicted molar refractivity (Wildman–Crippen MR) is 109 cm³/mol. The number of carbonyl (C=O) groups excluding carboxylic acids is 1. The molecule has 0 amide bonds. The maximum absolute atomic E-state index is 13.1. The molecule has 1 aromatic rings. The molecule has 1 spiro atoms. The van der Waals surface area contributed by atoms with Gasteiger partial charge in [0.1, 0.15) is 12.2 Å². The van der Waals surface area contributed by atoms with Gasteiger partial charge in [0, 0.05) is 34.9 Å². The van der Waals surface area contributed by atoms with Gasteiger partial charge in [0.05, 0.1) is 12.2 Å². The monoisotopic (exact) mass is 415 g/mol. The predicted octanol–water partition coefficient (Wildman–Crippen LogP) is 0.903. The van der Waals surface area contributed by atoms with E-state index in [4.69, 9.17) is 4.74 Å². The number of hydrogen-bond acceptors (Lipinski definition) is 7. The van der Waals surface area contributed by atoms with Gasteiger partial charge in [0.2, 0.25) is 0 Å². The molecular formula is C23H29NO6. The fourth-order valence-corrected chi connectivity index (χ4v) is 6.37. The van der Waals surface area contributed by atoms with Crippen LogP contribution in [0.15, 0.2) is 18.2 Å². The highest BCUT2D eigenvalue weighted by Crippen LogP contribution is 2.63. The summed E-state index contributed by atoms with van der Waals surface area (Å²) in [6.07, 6.45) is 2.43. The second kappa shape index (κ2) is 6.79. The maximum Gasteiger partial charge on any atom is 0.165 e. The van der Waals surface area contributed by atoms with Crippen molar-refractivity contribution in [1.82, 2.24) is 4.90 Å². The van der Waals surface area contributed by atoms with E-state index in [9.17, 15) is 25.2 Å². The number of aromatic hydroxyl groups is 1. The number of hydrogen-bond donors (Lipinski definition) is 4. The molecule has 0 saturated carbocycles. The normalized spacial score (nSPS) is 35.5. The van der Waals surface area contributed by atoms with Crippen molar-refractivity contribution in [1.29, 1.82) is 0 Å². The first-order chi connectivity index (χ1) is 14.2. The number of Topliss-reactive ketones (excluding diaryl/α,β-unsaturated/α-hetero) is 1. The third-order valence-electron chi connectivity index (χ3n) is 7.61. The summed E-state index contributed by atoms with van der Waals surface area (Å²) in [4.78, 5) is 15.4. The van der Waals surface area contributed by atoms with Crippen molar-refractivity contribution >= 4 is 5.78 Å². The molecule has 162 valence electrons. The number of aliphatic hydroxyl groups excluding tert-OH is 3. The van der Waals surface area contributed by atoms with E-state index in [1.54, 1.807) is 13.0 Å². The summed E-state index contributed by atoms with van der Waals surface area (Å²) in [5.74, 6) is 0.201. The standard InChI is InChI=1S/C23H29NO6/c1-11(25)7-12(26)8-18(28)13-10-19(29)21-20-14(13)9-16-15-3-4-17(27)22(30-21)23(15,20)5-6-24(16)2/h3-4,10-12,15-17,22,25-27,29H,5-9H2,1-2H3/t11?,12?,15-,16+,17-,22-,23-/m0/s1. The summed E-state index contributed by atoms with van der Waals surface area (Å²) in [7, 11) is 2.08. The summed E-state index contributed by atoms with van der Waals surface area (Å²) >= 11 is 0. The minimum atomic E-state index is -0.944. The number of likely N-dealkylation sites (N-methyl/N-ethyl adjacent to an activating group) is 1. The highest BCUT2D eigenvalue weighted by atomic mass is 16.5. The van der Waals surface area contributed by atoms with Crippen LogP contribution in [0.25, 0.3) is 0 Å². The van der Waals surface area contributed by atoms with Gasteiger partial charge in [-0.3, -0.25) is 4.79 Å². The lowest BCUT2D eigenvalue weighted by Gasteiger charge is -2.56. The van der Waals surface area contributed by atoms with Crippen LogP contribution in [0.1, 0.15) is 47.7 Å². The summed E-state index contributed by atoms with van der Waals surface area (Å²) < 4.78 is 6.16. The van der Waals surface area contributed by atoms with Crippen molar-refractivity contribution < 1.29 is 30.0 Å². The average Bonchev–Trinajstić information content (AvgIpc) is 3.02. The molecule has 2 bridgehead atoms. The number of piperidine rings is 1. The molecule has 4 aliphatic rings. The molecule has 1 fully saturated rings. The number of nitrogens with zero attached hydrogens (tertiary/aromatic N) is 1. The molecule has 7 nitrogen and oxygen atoms in total. The van der Waals surface area contributed by atoms with Crippen molar-refractivity contribution in [2.45, 2.75) is 68.5 Å². The number of rotatable bonds is 5. The lowest BCUT2D eigenvalue weighted by atomic mass is 9.53. The zero-order valence-electron chi connectivity index (χ0n) is 17.3. The number of aliphatic hydroxyl groups is 3. The van der Waals surface area contributed by atoms with Gasteiger partial charge in [-0.05, 0) is 51.4 Å². The van der Waals surface area contributed by atoms with E-state index in [-0.39, 0.29) is 36.3 Å². The molecule has 5 rings (SSSR count). The van der Waals surface area contributed by atoms with Crippen molar-refractivity contribution in [2.24, 2.45) is 5.92 Å². The molecule has 7 atom stereocenters. The average molecular weight is 415 g/mol. The van der Waals surface area contributed by atoms with Gasteiger partial charge in [-0.15, -0.1) is 0 Å². The SMILES string of the molecule is CC(O)CC(O)CC(=O)c1cc(O)c2c3c1C[C@@H]1[C@@H]4C=C[C@H](O)[C@H](O2)[C@]34CCN1C. The fraction of sp³-hybridized carbons (Fsp3) is 0.609. The molecule has 1 aromatic carbocycles. The Labute approximate surface area is 175 Å². The Balaban J connectivity index is 1.64. The molecule has 30 heavy (non-hydrogen) atoms. The Bertz CT molecular complexity index is 927. The van der Waals surface area contributed by atoms with Crippen molar-refractivity contribution in [3.05, 3.63) is 34.9 Å². The minimum Gasteiger partial charge on any atom is -0.504 e. The Morgan fingerprint density at radius 2 is 2.13 bits per heavy atom. The molecule has 2 heterocycles. The Morgan fingerprint density at radius 3 is 2.87 bits per heavy atom. The zero-order chi connectivity index (χ0) is 21.4. The Kier molecular flexibility index (Phi) is 4.52. The molecule has 1 saturated heterocycles. The van der Waals surface area contributed by atoms with Crippen molar-refractivity contribution in [3.63, 3.8) is 0 Å². The molecule has 0 radical (unpaired) electrons. The van der Waals surface area contributed by atoms with Crippen LogP contribution in [0.2, 0.25) is 0 Å². The molecule has 2 unspecified atom stereocenters. The first-order valence-electron chi connectivity index (χ1n) is 10.8. The number of ketones is 1. The van der Waals surface area contributed by atoms with Gasteiger partial charge < -0.3 is 30.1 Å². The highest BCUT2D eigenvalue weighted by molar-refractivity contribution is 5.99. The van der Waals surface area contributed by atoms with Crippen molar-refractivity contribution in [3.8, 4) is 11.5 Å². The van der Waals surface area contributed by atoms with Crippen LogP contribution >= 0.6 is 0 Å². The van der Waals surface area contributed by atoms with Gasteiger partial charge >= 0.3 is 0 Å². The number of benzene rings is 1. The van der Waals surface area contributed by atoms with Crippen LogP contribution in [0.5, 0.6) is 11.5 Å². The summed E-state index contributed by atoms with van der Waals surface area (Å²) in [5, 5.41) is 41.2. The first kappa shape index (κ1) is 20.0. The summed E-state index contributed by atoms with van der Waals surface area (Å²) in [6.45, 7) is 2.43. The quantitative estimate of drug-likeness (QED) is 0.418. The number of ether oxygens (including phenoxy) is 1. The van der Waals surface area contributed by atoms with Crippen LogP contribution in [-0.2, 0) is 11.8 Å². The van der Waals surface area contributed by atoms with E-state index in [1.807, 2.05) is 0 Å². The van der Waals surface area contributed by atoms with Gasteiger partial charge in [-0.2, -0.15) is 0 Å². The van der Waals surface area contributed by atoms with Crippen molar-refractivity contribution in [2.75, 3.05) is 13.6 Å². The number of carbonyl (C=O) groups is 1. The Hall–Kier alpha value is -1.93.